The molecule has 2 rings (SSSR count). The molecule has 1 aromatic heterocycles. The summed E-state index contributed by atoms with van der Waals surface area (Å²) in [5.41, 5.74) is 1.21. The lowest BCUT2D eigenvalue weighted by Crippen LogP contribution is -1.99. The highest BCUT2D eigenvalue weighted by atomic mass is 35.5. The molecule has 0 radical (unpaired) electrons. The van der Waals surface area contributed by atoms with Gasteiger partial charge in [0.2, 0.25) is 5.88 Å². The van der Waals surface area contributed by atoms with Crippen LogP contribution in [0.1, 0.15) is 42.1 Å². The van der Waals surface area contributed by atoms with E-state index in [-0.39, 0.29) is 16.5 Å². The van der Waals surface area contributed by atoms with Crippen molar-refractivity contribution in [1.29, 1.82) is 0 Å². The fourth-order valence-electron chi connectivity index (χ4n) is 1.86. The zero-order valence-electron chi connectivity index (χ0n) is 11.8. The van der Waals surface area contributed by atoms with E-state index in [1.54, 1.807) is 0 Å². The Kier molecular flexibility index (Phi) is 4.81. The summed E-state index contributed by atoms with van der Waals surface area (Å²) in [5, 5.41) is 9.10. The predicted molar refractivity (Wildman–Crippen MR) is 81.4 cm³/mol. The fourth-order valence-corrected chi connectivity index (χ4v) is 2.04. The standard InChI is InChI=1S/C16H16ClNO3/c1-3-10(2)11-4-6-12(7-5-11)21-15-8-13(16(19)20)14(17)9-18-15/h4-10H,3H2,1-2H3,(H,19,20). The van der Waals surface area contributed by atoms with Crippen LogP contribution in [0, 0.1) is 0 Å². The van der Waals surface area contributed by atoms with Crippen LogP contribution >= 0.6 is 11.6 Å². The largest absolute Gasteiger partial charge is 0.478 e. The summed E-state index contributed by atoms with van der Waals surface area (Å²) in [7, 11) is 0. The van der Waals surface area contributed by atoms with Crippen molar-refractivity contribution in [3.8, 4) is 11.6 Å². The Balaban J connectivity index is 2.18. The number of hydrogen-bond donors (Lipinski definition) is 1. The second-order valence-electron chi connectivity index (χ2n) is 4.79. The second-order valence-corrected chi connectivity index (χ2v) is 5.20. The maximum atomic E-state index is 11.0. The van der Waals surface area contributed by atoms with E-state index in [9.17, 15) is 4.79 Å². The van der Waals surface area contributed by atoms with Crippen molar-refractivity contribution >= 4 is 17.6 Å². The van der Waals surface area contributed by atoms with Crippen LogP contribution in [0.15, 0.2) is 36.5 Å². The van der Waals surface area contributed by atoms with Gasteiger partial charge >= 0.3 is 5.97 Å². The van der Waals surface area contributed by atoms with Crippen LogP contribution < -0.4 is 4.74 Å². The van der Waals surface area contributed by atoms with Crippen LogP contribution in [0.2, 0.25) is 5.02 Å². The number of carboxylic acids is 1. The summed E-state index contributed by atoms with van der Waals surface area (Å²) in [6, 6.07) is 9.00. The molecule has 5 heteroatoms. The van der Waals surface area contributed by atoms with Crippen LogP contribution in [-0.4, -0.2) is 16.1 Å². The van der Waals surface area contributed by atoms with Gasteiger partial charge in [0, 0.05) is 6.07 Å². The monoisotopic (exact) mass is 305 g/mol. The maximum absolute atomic E-state index is 11.0. The van der Waals surface area contributed by atoms with E-state index in [0.29, 0.717) is 11.7 Å². The lowest BCUT2D eigenvalue weighted by atomic mass is 9.99. The number of carbonyl (C=O) groups is 1. The van der Waals surface area contributed by atoms with Crippen molar-refractivity contribution < 1.29 is 14.6 Å². The Morgan fingerprint density at radius 2 is 2.05 bits per heavy atom. The van der Waals surface area contributed by atoms with E-state index in [0.717, 1.165) is 6.42 Å². The molecule has 2 aromatic rings. The van der Waals surface area contributed by atoms with E-state index in [2.05, 4.69) is 18.8 Å². The summed E-state index contributed by atoms with van der Waals surface area (Å²) in [5.74, 6) is 0.187. The minimum Gasteiger partial charge on any atom is -0.478 e. The zero-order valence-corrected chi connectivity index (χ0v) is 12.6. The number of aromatic nitrogens is 1. The first kappa shape index (κ1) is 15.3. The Hall–Kier alpha value is -2.07. The topological polar surface area (TPSA) is 59.4 Å². The van der Waals surface area contributed by atoms with Gasteiger partial charge in [-0.05, 0) is 30.0 Å². The van der Waals surface area contributed by atoms with Crippen molar-refractivity contribution in [2.24, 2.45) is 0 Å². The van der Waals surface area contributed by atoms with E-state index in [1.807, 2.05) is 24.3 Å². The minimum atomic E-state index is -1.11. The van der Waals surface area contributed by atoms with Crippen LogP contribution in [0.3, 0.4) is 0 Å². The molecule has 0 amide bonds. The average Bonchev–Trinajstić information content (AvgIpc) is 2.49. The molecule has 1 aromatic carbocycles. The minimum absolute atomic E-state index is 0.0297. The summed E-state index contributed by atoms with van der Waals surface area (Å²) < 4.78 is 5.56. The third-order valence-corrected chi connectivity index (χ3v) is 3.65. The molecule has 1 atom stereocenters. The molecule has 4 nitrogen and oxygen atoms in total. The summed E-state index contributed by atoms with van der Waals surface area (Å²) in [4.78, 5) is 15.0. The molecule has 0 aliphatic carbocycles. The number of benzene rings is 1. The molecular weight excluding hydrogens is 290 g/mol. The Labute approximate surface area is 128 Å². The fraction of sp³-hybridized carbons (Fsp3) is 0.250. The number of halogens is 1. The molecule has 0 fully saturated rings. The quantitative estimate of drug-likeness (QED) is 0.866. The lowest BCUT2D eigenvalue weighted by molar-refractivity contribution is 0.0696. The third kappa shape index (κ3) is 3.73. The van der Waals surface area contributed by atoms with E-state index >= 15 is 0 Å². The van der Waals surface area contributed by atoms with Crippen LogP contribution in [0.5, 0.6) is 11.6 Å². The normalized spacial score (nSPS) is 12.0. The van der Waals surface area contributed by atoms with Gasteiger partial charge in [-0.2, -0.15) is 0 Å². The Morgan fingerprint density at radius 3 is 2.62 bits per heavy atom. The first-order chi connectivity index (χ1) is 10.0. The van der Waals surface area contributed by atoms with Gasteiger partial charge < -0.3 is 9.84 Å². The predicted octanol–water partition coefficient (Wildman–Crippen LogP) is 4.74. The molecule has 1 unspecified atom stereocenters. The van der Waals surface area contributed by atoms with Crippen molar-refractivity contribution in [2.75, 3.05) is 0 Å². The highest BCUT2D eigenvalue weighted by molar-refractivity contribution is 6.33. The average molecular weight is 306 g/mol. The molecular formula is C16H16ClNO3. The summed E-state index contributed by atoms with van der Waals surface area (Å²) in [6.45, 7) is 4.30. The third-order valence-electron chi connectivity index (χ3n) is 3.34. The van der Waals surface area contributed by atoms with Crippen molar-refractivity contribution in [2.45, 2.75) is 26.2 Å². The summed E-state index contributed by atoms with van der Waals surface area (Å²) in [6.07, 6.45) is 2.34. The van der Waals surface area contributed by atoms with Crippen molar-refractivity contribution in [1.82, 2.24) is 4.98 Å². The maximum Gasteiger partial charge on any atom is 0.337 e. The molecule has 0 aliphatic rings. The number of rotatable bonds is 5. The zero-order chi connectivity index (χ0) is 15.4. The highest BCUT2D eigenvalue weighted by Gasteiger charge is 2.11. The van der Waals surface area contributed by atoms with E-state index in [1.165, 1.54) is 17.8 Å². The number of ether oxygens (including phenoxy) is 1. The highest BCUT2D eigenvalue weighted by Crippen LogP contribution is 2.26. The van der Waals surface area contributed by atoms with Crippen LogP contribution in [-0.2, 0) is 0 Å². The van der Waals surface area contributed by atoms with Crippen LogP contribution in [0.25, 0.3) is 0 Å². The Bertz CT molecular complexity index is 640. The van der Waals surface area contributed by atoms with Crippen molar-refractivity contribution in [3.05, 3.63) is 52.7 Å². The number of nitrogens with zero attached hydrogens (tertiary/aromatic N) is 1. The van der Waals surface area contributed by atoms with Gasteiger partial charge in [-0.1, -0.05) is 37.6 Å². The molecule has 0 aliphatic heterocycles. The first-order valence-corrected chi connectivity index (χ1v) is 7.05. The molecule has 21 heavy (non-hydrogen) atoms. The van der Waals surface area contributed by atoms with Gasteiger partial charge in [-0.3, -0.25) is 0 Å². The molecule has 0 spiro atoms. The first-order valence-electron chi connectivity index (χ1n) is 6.68. The van der Waals surface area contributed by atoms with Gasteiger partial charge in [-0.15, -0.1) is 0 Å². The van der Waals surface area contributed by atoms with Crippen molar-refractivity contribution in [3.63, 3.8) is 0 Å². The SMILES string of the molecule is CCC(C)c1ccc(Oc2cc(C(=O)O)c(Cl)cn2)cc1. The van der Waals surface area contributed by atoms with Crippen LogP contribution in [0.4, 0.5) is 0 Å². The van der Waals surface area contributed by atoms with Gasteiger partial charge in [0.1, 0.15) is 5.75 Å². The van der Waals surface area contributed by atoms with Gasteiger partial charge in [0.15, 0.2) is 0 Å². The molecule has 1 N–H and O–H groups in total. The van der Waals surface area contributed by atoms with E-state index < -0.39 is 5.97 Å². The summed E-state index contributed by atoms with van der Waals surface area (Å²) >= 11 is 5.77. The molecule has 110 valence electrons. The molecule has 1 heterocycles. The Morgan fingerprint density at radius 1 is 1.38 bits per heavy atom. The second kappa shape index (κ2) is 6.59. The number of aromatic carboxylic acids is 1. The van der Waals surface area contributed by atoms with Gasteiger partial charge in [0.05, 0.1) is 16.8 Å². The number of pyridine rings is 1. The molecule has 0 saturated carbocycles. The number of carboxylic acid groups (broad SMARTS) is 1. The molecule has 0 saturated heterocycles. The molecule has 0 bridgehead atoms. The lowest BCUT2D eigenvalue weighted by Gasteiger charge is -2.10. The van der Waals surface area contributed by atoms with Gasteiger partial charge in [-0.25, -0.2) is 9.78 Å². The number of hydrogen-bond acceptors (Lipinski definition) is 3. The van der Waals surface area contributed by atoms with E-state index in [4.69, 9.17) is 21.4 Å². The van der Waals surface area contributed by atoms with Gasteiger partial charge in [0.25, 0.3) is 0 Å². The smallest absolute Gasteiger partial charge is 0.337 e.